The molecule has 1 atom stereocenters. The van der Waals surface area contributed by atoms with Crippen molar-refractivity contribution in [3.8, 4) is 0 Å². The smallest absolute Gasteiger partial charge is 0.223 e. The monoisotopic (exact) mass is 457 g/mol. The van der Waals surface area contributed by atoms with Gasteiger partial charge in [0.2, 0.25) is 11.8 Å². The molecule has 0 bridgehead atoms. The molecule has 1 unspecified atom stereocenters. The fourth-order valence-corrected chi connectivity index (χ4v) is 3.13. The third kappa shape index (κ3) is 6.41. The van der Waals surface area contributed by atoms with Gasteiger partial charge >= 0.3 is 0 Å². The van der Waals surface area contributed by atoms with Gasteiger partial charge in [-0.1, -0.05) is 37.3 Å². The Labute approximate surface area is 167 Å². The van der Waals surface area contributed by atoms with Crippen molar-refractivity contribution in [1.82, 2.24) is 10.2 Å². The number of nitrogens with one attached hydrogen (secondary N) is 2. The number of benzene rings is 1. The number of likely N-dealkylation sites (tertiary alicyclic amines) is 1. The zero-order valence-electron chi connectivity index (χ0n) is 14.7. The van der Waals surface area contributed by atoms with E-state index in [1.807, 2.05) is 42.2 Å². The number of hydrogen-bond acceptors (Lipinski definition) is 3. The van der Waals surface area contributed by atoms with Crippen LogP contribution in [0, 0.1) is 11.3 Å². The van der Waals surface area contributed by atoms with Gasteiger partial charge in [0.1, 0.15) is 0 Å². The molecule has 1 heterocycles. The summed E-state index contributed by atoms with van der Waals surface area (Å²) in [5.41, 5.74) is 1.02. The SMILES string of the molecule is CCCC(=O)N1CCC(C(=O)NC(CC=N)c2ccccc2)CC1.I. The van der Waals surface area contributed by atoms with Crippen molar-refractivity contribution in [3.63, 3.8) is 0 Å². The Morgan fingerprint density at radius 2 is 1.92 bits per heavy atom. The maximum absolute atomic E-state index is 12.6. The van der Waals surface area contributed by atoms with Crippen molar-refractivity contribution in [2.75, 3.05) is 13.1 Å². The third-order valence-electron chi connectivity index (χ3n) is 4.55. The molecule has 2 amide bonds. The summed E-state index contributed by atoms with van der Waals surface area (Å²) >= 11 is 0. The highest BCUT2D eigenvalue weighted by Crippen LogP contribution is 2.21. The highest BCUT2D eigenvalue weighted by molar-refractivity contribution is 14.0. The Hall–Kier alpha value is -1.44. The number of nitrogens with zero attached hydrogens (tertiary/aromatic N) is 1. The molecule has 1 aliphatic heterocycles. The third-order valence-corrected chi connectivity index (χ3v) is 4.55. The van der Waals surface area contributed by atoms with Gasteiger partial charge in [0, 0.05) is 31.8 Å². The van der Waals surface area contributed by atoms with Crippen LogP contribution in [-0.2, 0) is 9.59 Å². The van der Waals surface area contributed by atoms with E-state index in [0.717, 1.165) is 12.0 Å². The highest BCUT2D eigenvalue weighted by Gasteiger charge is 2.28. The lowest BCUT2D eigenvalue weighted by Gasteiger charge is -2.32. The molecule has 0 spiro atoms. The second kappa shape index (κ2) is 11.2. The summed E-state index contributed by atoms with van der Waals surface area (Å²) in [5, 5.41) is 10.4. The fourth-order valence-electron chi connectivity index (χ4n) is 3.13. The normalized spacial score (nSPS) is 15.8. The number of hydrogen-bond donors (Lipinski definition) is 2. The Morgan fingerprint density at radius 3 is 2.48 bits per heavy atom. The van der Waals surface area contributed by atoms with Crippen molar-refractivity contribution in [1.29, 1.82) is 5.41 Å². The number of piperidine rings is 1. The zero-order chi connectivity index (χ0) is 17.4. The number of amides is 2. The zero-order valence-corrected chi connectivity index (χ0v) is 17.1. The summed E-state index contributed by atoms with van der Waals surface area (Å²) in [7, 11) is 0. The topological polar surface area (TPSA) is 73.3 Å². The molecule has 1 aliphatic rings. The highest BCUT2D eigenvalue weighted by atomic mass is 127. The average molecular weight is 457 g/mol. The van der Waals surface area contributed by atoms with Gasteiger partial charge in [-0.05, 0) is 31.0 Å². The second-order valence-electron chi connectivity index (χ2n) is 6.32. The first kappa shape index (κ1) is 21.6. The van der Waals surface area contributed by atoms with Gasteiger partial charge in [0.05, 0.1) is 6.04 Å². The summed E-state index contributed by atoms with van der Waals surface area (Å²) in [6.45, 7) is 3.33. The van der Waals surface area contributed by atoms with Gasteiger partial charge in [-0.3, -0.25) is 9.59 Å². The first-order valence-electron chi connectivity index (χ1n) is 8.77. The van der Waals surface area contributed by atoms with Crippen LogP contribution in [-0.4, -0.2) is 36.0 Å². The van der Waals surface area contributed by atoms with E-state index in [0.29, 0.717) is 38.8 Å². The minimum atomic E-state index is -0.157. The van der Waals surface area contributed by atoms with E-state index in [2.05, 4.69) is 5.32 Å². The maximum Gasteiger partial charge on any atom is 0.223 e. The van der Waals surface area contributed by atoms with Crippen LogP contribution in [0.3, 0.4) is 0 Å². The Bertz CT molecular complexity index is 557. The lowest BCUT2D eigenvalue weighted by atomic mass is 9.94. The van der Waals surface area contributed by atoms with Crippen LogP contribution in [0.25, 0.3) is 0 Å². The first-order chi connectivity index (χ1) is 11.7. The molecular formula is C19H28IN3O2. The van der Waals surface area contributed by atoms with E-state index in [9.17, 15) is 9.59 Å². The van der Waals surface area contributed by atoms with Gasteiger partial charge in [0.25, 0.3) is 0 Å². The fraction of sp³-hybridized carbons (Fsp3) is 0.526. The van der Waals surface area contributed by atoms with Crippen molar-refractivity contribution in [2.45, 2.75) is 45.1 Å². The largest absolute Gasteiger partial charge is 0.349 e. The van der Waals surface area contributed by atoms with E-state index in [-0.39, 0.29) is 47.8 Å². The van der Waals surface area contributed by atoms with E-state index < -0.39 is 0 Å². The summed E-state index contributed by atoms with van der Waals surface area (Å²) in [6.07, 6.45) is 4.71. The lowest BCUT2D eigenvalue weighted by Crippen LogP contribution is -2.43. The molecule has 1 aromatic rings. The number of rotatable bonds is 7. The Balaban J connectivity index is 0.00000312. The van der Waals surface area contributed by atoms with Crippen LogP contribution in [0.4, 0.5) is 0 Å². The first-order valence-corrected chi connectivity index (χ1v) is 8.77. The molecule has 5 nitrogen and oxygen atoms in total. The molecule has 6 heteroatoms. The molecule has 1 aromatic carbocycles. The van der Waals surface area contributed by atoms with E-state index >= 15 is 0 Å². The summed E-state index contributed by atoms with van der Waals surface area (Å²) in [4.78, 5) is 26.4. The predicted molar refractivity (Wildman–Crippen MR) is 110 cm³/mol. The molecular weight excluding hydrogens is 429 g/mol. The molecule has 0 radical (unpaired) electrons. The van der Waals surface area contributed by atoms with Crippen molar-refractivity contribution in [3.05, 3.63) is 35.9 Å². The summed E-state index contributed by atoms with van der Waals surface area (Å²) in [6, 6.07) is 9.61. The number of halogens is 1. The number of carbonyl (C=O) groups is 2. The van der Waals surface area contributed by atoms with Crippen LogP contribution in [0.5, 0.6) is 0 Å². The summed E-state index contributed by atoms with van der Waals surface area (Å²) in [5.74, 6) is 0.184. The molecule has 2 rings (SSSR count). The van der Waals surface area contributed by atoms with Crippen molar-refractivity contribution >= 4 is 42.0 Å². The number of carbonyl (C=O) groups excluding carboxylic acids is 2. The van der Waals surface area contributed by atoms with E-state index in [1.165, 1.54) is 6.21 Å². The van der Waals surface area contributed by atoms with E-state index in [1.54, 1.807) is 0 Å². The molecule has 0 saturated carbocycles. The van der Waals surface area contributed by atoms with Gasteiger partial charge in [-0.25, -0.2) is 0 Å². The molecule has 0 aromatic heterocycles. The van der Waals surface area contributed by atoms with Gasteiger partial charge in [-0.15, -0.1) is 24.0 Å². The summed E-state index contributed by atoms with van der Waals surface area (Å²) < 4.78 is 0. The van der Waals surface area contributed by atoms with Gasteiger partial charge in [-0.2, -0.15) is 0 Å². The Kier molecular flexibility index (Phi) is 9.70. The minimum Gasteiger partial charge on any atom is -0.349 e. The molecule has 1 saturated heterocycles. The maximum atomic E-state index is 12.6. The predicted octanol–water partition coefficient (Wildman–Crippen LogP) is 3.54. The molecule has 25 heavy (non-hydrogen) atoms. The van der Waals surface area contributed by atoms with Gasteiger partial charge < -0.3 is 15.6 Å². The molecule has 1 fully saturated rings. The molecule has 2 N–H and O–H groups in total. The van der Waals surface area contributed by atoms with Crippen LogP contribution in [0.2, 0.25) is 0 Å². The molecule has 0 aliphatic carbocycles. The van der Waals surface area contributed by atoms with Crippen LogP contribution < -0.4 is 5.32 Å². The average Bonchev–Trinajstić information content (AvgIpc) is 2.62. The van der Waals surface area contributed by atoms with Crippen LogP contribution in [0.1, 0.15) is 50.6 Å². The van der Waals surface area contributed by atoms with Crippen LogP contribution in [0.15, 0.2) is 30.3 Å². The minimum absolute atomic E-state index is 0. The van der Waals surface area contributed by atoms with Crippen molar-refractivity contribution < 1.29 is 9.59 Å². The van der Waals surface area contributed by atoms with Gasteiger partial charge in [0.15, 0.2) is 0 Å². The quantitative estimate of drug-likeness (QED) is 0.486. The molecule has 138 valence electrons. The van der Waals surface area contributed by atoms with Crippen LogP contribution >= 0.6 is 24.0 Å². The van der Waals surface area contributed by atoms with Crippen molar-refractivity contribution in [2.24, 2.45) is 5.92 Å². The van der Waals surface area contributed by atoms with E-state index in [4.69, 9.17) is 5.41 Å². The standard InChI is InChI=1S/C19H27N3O2.HI/c1-2-6-18(23)22-13-10-16(11-14-22)19(24)21-17(9-12-20)15-7-4-3-5-8-15;/h3-5,7-8,12,16-17,20H,2,6,9-11,13-14H2,1H3,(H,21,24);1H. The Morgan fingerprint density at radius 1 is 1.28 bits per heavy atom. The second-order valence-corrected chi connectivity index (χ2v) is 6.32. The lowest BCUT2D eigenvalue weighted by molar-refractivity contribution is -0.135.